The van der Waals surface area contributed by atoms with Crippen molar-refractivity contribution >= 4 is 5.91 Å². The third-order valence-corrected chi connectivity index (χ3v) is 2.21. The lowest BCUT2D eigenvalue weighted by Gasteiger charge is -2.13. The highest BCUT2D eigenvalue weighted by molar-refractivity contribution is 5.76. The molecule has 1 saturated heterocycles. The van der Waals surface area contributed by atoms with Crippen molar-refractivity contribution in [2.24, 2.45) is 5.92 Å². The molecule has 0 aromatic heterocycles. The lowest BCUT2D eigenvalue weighted by molar-refractivity contribution is -0.129. The van der Waals surface area contributed by atoms with Gasteiger partial charge in [-0.05, 0) is 12.3 Å². The number of carbonyl (C=O) groups is 1. The Bertz CT molecular complexity index is 165. The van der Waals surface area contributed by atoms with Crippen molar-refractivity contribution in [1.29, 1.82) is 0 Å². The fraction of sp³-hybridized carbons (Fsp3) is 0.667. The van der Waals surface area contributed by atoms with Crippen LogP contribution in [0.1, 0.15) is 19.8 Å². The Morgan fingerprint density at radius 1 is 1.82 bits per heavy atom. The second-order valence-electron chi connectivity index (χ2n) is 2.98. The minimum atomic E-state index is 0.273. The first-order chi connectivity index (χ1) is 5.27. The van der Waals surface area contributed by atoms with Crippen molar-refractivity contribution in [3.63, 3.8) is 0 Å². The lowest BCUT2D eigenvalue weighted by Crippen LogP contribution is -2.27. The molecule has 62 valence electrons. The van der Waals surface area contributed by atoms with E-state index in [0.29, 0.717) is 12.3 Å². The Morgan fingerprint density at radius 2 is 2.55 bits per heavy atom. The van der Waals surface area contributed by atoms with Crippen LogP contribution in [-0.4, -0.2) is 23.9 Å². The fourth-order valence-corrected chi connectivity index (χ4v) is 1.43. The maximum Gasteiger partial charge on any atom is 0.222 e. The van der Waals surface area contributed by atoms with Gasteiger partial charge < -0.3 is 4.90 Å². The van der Waals surface area contributed by atoms with Crippen molar-refractivity contribution < 1.29 is 4.79 Å². The van der Waals surface area contributed by atoms with Gasteiger partial charge in [0, 0.05) is 19.5 Å². The van der Waals surface area contributed by atoms with Gasteiger partial charge in [0.05, 0.1) is 0 Å². The summed E-state index contributed by atoms with van der Waals surface area (Å²) in [6.07, 6.45) is 3.67. The molecular formula is C9H15NO. The zero-order valence-corrected chi connectivity index (χ0v) is 7.05. The quantitative estimate of drug-likeness (QED) is 0.549. The first kappa shape index (κ1) is 8.31. The molecule has 0 saturated carbocycles. The number of likely N-dealkylation sites (tertiary alicyclic amines) is 1. The second-order valence-corrected chi connectivity index (χ2v) is 2.98. The van der Waals surface area contributed by atoms with E-state index in [1.54, 1.807) is 0 Å². The standard InChI is InChI=1S/C9H15NO/c1-3-8-5-6-10(7-8)9(11)4-2/h3,8H,1,4-7H2,2H3/t8-/m0/s1. The smallest absolute Gasteiger partial charge is 0.222 e. The molecule has 1 aliphatic heterocycles. The molecule has 0 aliphatic carbocycles. The van der Waals surface area contributed by atoms with Gasteiger partial charge in [0.15, 0.2) is 0 Å². The largest absolute Gasteiger partial charge is 0.342 e. The van der Waals surface area contributed by atoms with Crippen molar-refractivity contribution in [3.8, 4) is 0 Å². The molecule has 2 heteroatoms. The summed E-state index contributed by atoms with van der Waals surface area (Å²) >= 11 is 0. The lowest BCUT2D eigenvalue weighted by atomic mass is 10.1. The number of hydrogen-bond acceptors (Lipinski definition) is 1. The van der Waals surface area contributed by atoms with Gasteiger partial charge in [-0.1, -0.05) is 13.0 Å². The molecule has 0 aromatic carbocycles. The predicted molar refractivity (Wildman–Crippen MR) is 45.2 cm³/mol. The van der Waals surface area contributed by atoms with E-state index in [2.05, 4.69) is 6.58 Å². The minimum absolute atomic E-state index is 0.273. The summed E-state index contributed by atoms with van der Waals surface area (Å²) in [7, 11) is 0. The highest BCUT2D eigenvalue weighted by Gasteiger charge is 2.22. The van der Waals surface area contributed by atoms with E-state index in [1.165, 1.54) is 0 Å². The van der Waals surface area contributed by atoms with E-state index in [1.807, 2.05) is 17.9 Å². The van der Waals surface area contributed by atoms with Gasteiger partial charge in [-0.3, -0.25) is 4.79 Å². The Kier molecular flexibility index (Phi) is 2.69. The predicted octanol–water partition coefficient (Wildman–Crippen LogP) is 1.43. The molecule has 0 bridgehead atoms. The van der Waals surface area contributed by atoms with Crippen LogP contribution in [0.15, 0.2) is 12.7 Å². The van der Waals surface area contributed by atoms with Gasteiger partial charge in [-0.15, -0.1) is 6.58 Å². The van der Waals surface area contributed by atoms with Crippen LogP contribution >= 0.6 is 0 Å². The number of amides is 1. The second kappa shape index (κ2) is 3.56. The molecule has 1 heterocycles. The van der Waals surface area contributed by atoms with Crippen LogP contribution in [0.4, 0.5) is 0 Å². The van der Waals surface area contributed by atoms with Crippen LogP contribution < -0.4 is 0 Å². The van der Waals surface area contributed by atoms with Gasteiger partial charge in [0.25, 0.3) is 0 Å². The summed E-state index contributed by atoms with van der Waals surface area (Å²) in [6.45, 7) is 7.44. The van der Waals surface area contributed by atoms with Gasteiger partial charge in [-0.2, -0.15) is 0 Å². The molecule has 0 aromatic rings. The van der Waals surface area contributed by atoms with E-state index in [9.17, 15) is 4.79 Å². The fourth-order valence-electron chi connectivity index (χ4n) is 1.43. The molecular weight excluding hydrogens is 138 g/mol. The Balaban J connectivity index is 2.41. The van der Waals surface area contributed by atoms with Crippen molar-refractivity contribution in [2.45, 2.75) is 19.8 Å². The number of hydrogen-bond donors (Lipinski definition) is 0. The van der Waals surface area contributed by atoms with Crippen molar-refractivity contribution in [1.82, 2.24) is 4.90 Å². The normalized spacial score (nSPS) is 23.7. The SMILES string of the molecule is C=C[C@H]1CCN(C(=O)CC)C1. The third-order valence-electron chi connectivity index (χ3n) is 2.21. The van der Waals surface area contributed by atoms with Crippen LogP contribution in [0, 0.1) is 5.92 Å². The zero-order valence-electron chi connectivity index (χ0n) is 7.05. The highest BCUT2D eigenvalue weighted by atomic mass is 16.2. The molecule has 2 nitrogen and oxygen atoms in total. The number of nitrogens with zero attached hydrogens (tertiary/aromatic N) is 1. The van der Waals surface area contributed by atoms with Gasteiger partial charge in [0.1, 0.15) is 0 Å². The van der Waals surface area contributed by atoms with Crippen LogP contribution in [-0.2, 0) is 4.79 Å². The van der Waals surface area contributed by atoms with E-state index in [4.69, 9.17) is 0 Å². The van der Waals surface area contributed by atoms with Crippen LogP contribution in [0.3, 0.4) is 0 Å². The Morgan fingerprint density at radius 3 is 3.00 bits per heavy atom. The summed E-state index contributed by atoms with van der Waals surface area (Å²) in [4.78, 5) is 13.1. The summed E-state index contributed by atoms with van der Waals surface area (Å²) in [5, 5.41) is 0. The summed E-state index contributed by atoms with van der Waals surface area (Å²) in [5.74, 6) is 0.805. The van der Waals surface area contributed by atoms with E-state index < -0.39 is 0 Å². The molecule has 1 atom stereocenters. The molecule has 0 N–H and O–H groups in total. The molecule has 11 heavy (non-hydrogen) atoms. The van der Waals surface area contributed by atoms with E-state index in [-0.39, 0.29) is 5.91 Å². The molecule has 0 spiro atoms. The van der Waals surface area contributed by atoms with Crippen LogP contribution in [0.25, 0.3) is 0 Å². The Hall–Kier alpha value is -0.790. The third kappa shape index (κ3) is 1.82. The van der Waals surface area contributed by atoms with Crippen molar-refractivity contribution in [3.05, 3.63) is 12.7 Å². The average Bonchev–Trinajstić information content (AvgIpc) is 2.50. The first-order valence-electron chi connectivity index (χ1n) is 4.18. The molecule has 0 radical (unpaired) electrons. The van der Waals surface area contributed by atoms with Gasteiger partial charge in [0.2, 0.25) is 5.91 Å². The molecule has 1 aliphatic rings. The minimum Gasteiger partial charge on any atom is -0.342 e. The van der Waals surface area contributed by atoms with Crippen LogP contribution in [0.5, 0.6) is 0 Å². The zero-order chi connectivity index (χ0) is 8.27. The molecule has 1 fully saturated rings. The maximum absolute atomic E-state index is 11.2. The van der Waals surface area contributed by atoms with E-state index >= 15 is 0 Å². The van der Waals surface area contributed by atoms with Crippen LogP contribution in [0.2, 0.25) is 0 Å². The summed E-state index contributed by atoms with van der Waals surface area (Å²) in [6, 6.07) is 0. The molecule has 0 unspecified atom stereocenters. The monoisotopic (exact) mass is 153 g/mol. The Labute approximate surface area is 67.9 Å². The number of rotatable bonds is 2. The first-order valence-corrected chi connectivity index (χ1v) is 4.18. The molecule has 1 amide bonds. The molecule has 1 rings (SSSR count). The summed E-state index contributed by atoms with van der Waals surface area (Å²) < 4.78 is 0. The highest BCUT2D eigenvalue weighted by Crippen LogP contribution is 2.17. The average molecular weight is 153 g/mol. The summed E-state index contributed by atoms with van der Waals surface area (Å²) in [5.41, 5.74) is 0. The maximum atomic E-state index is 11.2. The van der Waals surface area contributed by atoms with Gasteiger partial charge >= 0.3 is 0 Å². The van der Waals surface area contributed by atoms with E-state index in [0.717, 1.165) is 19.5 Å². The van der Waals surface area contributed by atoms with Gasteiger partial charge in [-0.25, -0.2) is 0 Å². The topological polar surface area (TPSA) is 20.3 Å². The van der Waals surface area contributed by atoms with Crippen molar-refractivity contribution in [2.75, 3.05) is 13.1 Å². The number of carbonyl (C=O) groups excluding carboxylic acids is 1.